The number of furan rings is 1. The third-order valence-electron chi connectivity index (χ3n) is 3.37. The molecule has 0 bridgehead atoms. The number of morpholine rings is 1. The van der Waals surface area contributed by atoms with Crippen LogP contribution in [-0.2, 0) is 19.6 Å². The van der Waals surface area contributed by atoms with Crippen molar-refractivity contribution < 1.29 is 27.5 Å². The smallest absolute Gasteiger partial charge is 0.306 e. The summed E-state index contributed by atoms with van der Waals surface area (Å²) in [6, 6.07) is 1.45. The Hall–Kier alpha value is -1.38. The van der Waals surface area contributed by atoms with Crippen LogP contribution in [0.25, 0.3) is 0 Å². The van der Waals surface area contributed by atoms with E-state index >= 15 is 0 Å². The van der Waals surface area contributed by atoms with Crippen LogP contribution in [0.15, 0.2) is 21.8 Å². The van der Waals surface area contributed by atoms with Crippen LogP contribution in [0.5, 0.6) is 0 Å². The molecule has 7 nitrogen and oxygen atoms in total. The predicted molar refractivity (Wildman–Crippen MR) is 73.4 cm³/mol. The van der Waals surface area contributed by atoms with Gasteiger partial charge in [-0.2, -0.15) is 4.31 Å². The summed E-state index contributed by atoms with van der Waals surface area (Å²) in [5.74, 6) is -1.02. The standard InChI is InChI=1S/C13H19NO6S/c1-9-4-12(19-7-9)21(17,18)14-6-10(5-11(15)16)20-8-13(14,2)3/h4,7,10H,5-6,8H2,1-3H3,(H,15,16). The number of aliphatic carboxylic acids is 1. The lowest BCUT2D eigenvalue weighted by Crippen LogP contribution is -2.58. The zero-order valence-corrected chi connectivity index (χ0v) is 13.0. The van der Waals surface area contributed by atoms with Gasteiger partial charge in [-0.1, -0.05) is 0 Å². The van der Waals surface area contributed by atoms with Gasteiger partial charge in [0.25, 0.3) is 10.0 Å². The molecule has 2 heterocycles. The van der Waals surface area contributed by atoms with Crippen LogP contribution < -0.4 is 0 Å². The monoisotopic (exact) mass is 317 g/mol. The molecular weight excluding hydrogens is 298 g/mol. The SMILES string of the molecule is Cc1coc(S(=O)(=O)N2CC(CC(=O)O)OCC2(C)C)c1. The van der Waals surface area contributed by atoms with Gasteiger partial charge in [-0.25, -0.2) is 8.42 Å². The fourth-order valence-corrected chi connectivity index (χ4v) is 4.06. The first kappa shape index (κ1) is 16.0. The molecule has 118 valence electrons. The highest BCUT2D eigenvalue weighted by atomic mass is 32.2. The Morgan fingerprint density at radius 3 is 2.71 bits per heavy atom. The van der Waals surface area contributed by atoms with E-state index < -0.39 is 27.6 Å². The lowest BCUT2D eigenvalue weighted by atomic mass is 10.0. The van der Waals surface area contributed by atoms with Crippen molar-refractivity contribution in [2.75, 3.05) is 13.2 Å². The molecule has 21 heavy (non-hydrogen) atoms. The Morgan fingerprint density at radius 2 is 2.19 bits per heavy atom. The van der Waals surface area contributed by atoms with Gasteiger partial charge >= 0.3 is 5.97 Å². The molecule has 0 aliphatic carbocycles. The van der Waals surface area contributed by atoms with E-state index in [0.717, 1.165) is 0 Å². The lowest BCUT2D eigenvalue weighted by Gasteiger charge is -2.43. The molecule has 0 aromatic carbocycles. The number of ether oxygens (including phenoxy) is 1. The lowest BCUT2D eigenvalue weighted by molar-refractivity contribution is -0.143. The molecular formula is C13H19NO6S. The third-order valence-corrected chi connectivity index (χ3v) is 5.32. The van der Waals surface area contributed by atoms with E-state index in [1.807, 2.05) is 0 Å². The first-order valence-electron chi connectivity index (χ1n) is 6.54. The Kier molecular flexibility index (Phi) is 4.14. The quantitative estimate of drug-likeness (QED) is 0.897. The Bertz CT molecular complexity index is 633. The molecule has 0 amide bonds. The van der Waals surface area contributed by atoms with Crippen molar-refractivity contribution in [3.63, 3.8) is 0 Å². The number of carbonyl (C=O) groups is 1. The molecule has 1 unspecified atom stereocenters. The van der Waals surface area contributed by atoms with Crippen molar-refractivity contribution in [3.05, 3.63) is 17.9 Å². The molecule has 1 atom stereocenters. The van der Waals surface area contributed by atoms with Gasteiger partial charge in [-0.05, 0) is 26.3 Å². The van der Waals surface area contributed by atoms with E-state index in [0.29, 0.717) is 5.56 Å². The average Bonchev–Trinajstić information content (AvgIpc) is 2.78. The Morgan fingerprint density at radius 1 is 1.52 bits per heavy atom. The number of carboxylic acids is 1. The summed E-state index contributed by atoms with van der Waals surface area (Å²) in [4.78, 5) is 10.8. The highest BCUT2D eigenvalue weighted by Crippen LogP contribution is 2.30. The van der Waals surface area contributed by atoms with Crippen molar-refractivity contribution in [1.29, 1.82) is 0 Å². The van der Waals surface area contributed by atoms with Gasteiger partial charge in [0.2, 0.25) is 5.09 Å². The van der Waals surface area contributed by atoms with E-state index in [-0.39, 0.29) is 24.7 Å². The Balaban J connectivity index is 2.31. The first-order chi connectivity index (χ1) is 9.63. The number of aryl methyl sites for hydroxylation is 1. The van der Waals surface area contributed by atoms with Crippen LogP contribution in [0.3, 0.4) is 0 Å². The second-order valence-electron chi connectivity index (χ2n) is 5.82. The van der Waals surface area contributed by atoms with Gasteiger partial charge < -0.3 is 14.3 Å². The minimum Gasteiger partial charge on any atom is -0.481 e. The van der Waals surface area contributed by atoms with Gasteiger partial charge in [0, 0.05) is 12.6 Å². The van der Waals surface area contributed by atoms with Crippen LogP contribution in [0.4, 0.5) is 0 Å². The number of hydrogen-bond acceptors (Lipinski definition) is 5. The number of carboxylic acid groups (broad SMARTS) is 1. The van der Waals surface area contributed by atoms with Gasteiger partial charge in [-0.3, -0.25) is 4.79 Å². The van der Waals surface area contributed by atoms with Crippen LogP contribution in [-0.4, -0.2) is 48.6 Å². The average molecular weight is 317 g/mol. The molecule has 1 N–H and O–H groups in total. The van der Waals surface area contributed by atoms with Crippen LogP contribution in [0, 0.1) is 6.92 Å². The highest BCUT2D eigenvalue weighted by Gasteiger charge is 2.44. The Labute approximate surface area is 123 Å². The van der Waals surface area contributed by atoms with Crippen molar-refractivity contribution >= 4 is 16.0 Å². The zero-order chi connectivity index (χ0) is 15.8. The maximum atomic E-state index is 12.7. The van der Waals surface area contributed by atoms with E-state index in [2.05, 4.69) is 0 Å². The molecule has 8 heteroatoms. The summed E-state index contributed by atoms with van der Waals surface area (Å²) in [6.45, 7) is 5.32. The van der Waals surface area contributed by atoms with Crippen molar-refractivity contribution in [1.82, 2.24) is 4.31 Å². The molecule has 1 fully saturated rings. The van der Waals surface area contributed by atoms with E-state index in [9.17, 15) is 13.2 Å². The number of hydrogen-bond donors (Lipinski definition) is 1. The van der Waals surface area contributed by atoms with Crippen LogP contribution in [0.1, 0.15) is 25.8 Å². The molecule has 0 saturated carbocycles. The molecule has 1 aromatic heterocycles. The van der Waals surface area contributed by atoms with Gasteiger partial charge in [-0.15, -0.1) is 0 Å². The van der Waals surface area contributed by atoms with Gasteiger partial charge in [0.15, 0.2) is 0 Å². The fraction of sp³-hybridized carbons (Fsp3) is 0.615. The topological polar surface area (TPSA) is 97.1 Å². The third kappa shape index (κ3) is 3.28. The fourth-order valence-electron chi connectivity index (χ4n) is 2.27. The summed E-state index contributed by atoms with van der Waals surface area (Å²) in [5, 5.41) is 8.70. The molecule has 1 aromatic rings. The molecule has 1 aliphatic rings. The molecule has 1 saturated heterocycles. The number of rotatable bonds is 4. The number of nitrogens with zero attached hydrogens (tertiary/aromatic N) is 1. The molecule has 0 spiro atoms. The summed E-state index contributed by atoms with van der Waals surface area (Å²) in [6.07, 6.45) is 0.468. The number of sulfonamides is 1. The summed E-state index contributed by atoms with van der Waals surface area (Å²) >= 11 is 0. The van der Waals surface area contributed by atoms with E-state index in [1.165, 1.54) is 16.6 Å². The summed E-state index contributed by atoms with van der Waals surface area (Å²) < 4.78 is 37.2. The second kappa shape index (κ2) is 5.43. The maximum Gasteiger partial charge on any atom is 0.306 e. The minimum absolute atomic E-state index is 0.0125. The predicted octanol–water partition coefficient (Wildman–Crippen LogP) is 1.23. The minimum atomic E-state index is -3.82. The maximum absolute atomic E-state index is 12.7. The van der Waals surface area contributed by atoms with Crippen molar-refractivity contribution in [3.8, 4) is 0 Å². The summed E-state index contributed by atoms with van der Waals surface area (Å²) in [5.41, 5.74) is -0.0594. The van der Waals surface area contributed by atoms with Crippen LogP contribution in [0.2, 0.25) is 0 Å². The van der Waals surface area contributed by atoms with Gasteiger partial charge in [0.1, 0.15) is 0 Å². The van der Waals surface area contributed by atoms with Crippen molar-refractivity contribution in [2.24, 2.45) is 0 Å². The van der Waals surface area contributed by atoms with E-state index in [4.69, 9.17) is 14.3 Å². The summed E-state index contributed by atoms with van der Waals surface area (Å²) in [7, 11) is -3.82. The highest BCUT2D eigenvalue weighted by molar-refractivity contribution is 7.89. The normalized spacial score (nSPS) is 23.1. The first-order valence-corrected chi connectivity index (χ1v) is 7.98. The molecule has 1 aliphatic heterocycles. The van der Waals surface area contributed by atoms with Gasteiger partial charge in [0.05, 0.1) is 30.9 Å². The molecule has 0 radical (unpaired) electrons. The second-order valence-corrected chi connectivity index (χ2v) is 7.62. The van der Waals surface area contributed by atoms with E-state index in [1.54, 1.807) is 20.8 Å². The largest absolute Gasteiger partial charge is 0.481 e. The van der Waals surface area contributed by atoms with Crippen LogP contribution >= 0.6 is 0 Å². The van der Waals surface area contributed by atoms with Crippen molar-refractivity contribution in [2.45, 2.75) is 43.9 Å². The molecule has 2 rings (SSSR count). The zero-order valence-electron chi connectivity index (χ0n) is 12.2.